The lowest BCUT2D eigenvalue weighted by atomic mass is 9.83. The number of rotatable bonds is 4. The molecule has 0 bridgehead atoms. The van der Waals surface area contributed by atoms with Gasteiger partial charge in [-0.2, -0.15) is 0 Å². The Kier molecular flexibility index (Phi) is 3.84. The van der Waals surface area contributed by atoms with Crippen molar-refractivity contribution in [3.05, 3.63) is 24.3 Å². The van der Waals surface area contributed by atoms with E-state index in [1.807, 2.05) is 0 Å². The summed E-state index contributed by atoms with van der Waals surface area (Å²) in [6.45, 7) is 0. The maximum atomic E-state index is 12.1. The fourth-order valence-electron chi connectivity index (χ4n) is 2.36. The maximum Gasteiger partial charge on any atom is 0.344 e. The molecule has 0 atom stereocenters. The molecule has 1 amide bonds. The summed E-state index contributed by atoms with van der Waals surface area (Å²) >= 11 is 0. The smallest absolute Gasteiger partial charge is 0.344 e. The molecule has 0 aromatic heterocycles. The van der Waals surface area contributed by atoms with Crippen LogP contribution in [0.3, 0.4) is 0 Å². The fourth-order valence-corrected chi connectivity index (χ4v) is 2.36. The number of methoxy groups -OCH3 is 3. The average Bonchev–Trinajstić information content (AvgIpc) is 2.50. The molecule has 0 unspecified atom stereocenters. The number of hydrogen-bond donors (Lipinski definition) is 0. The summed E-state index contributed by atoms with van der Waals surface area (Å²) in [7, 11) is 3.78. The summed E-state index contributed by atoms with van der Waals surface area (Å²) in [5.74, 6) is -1.55. The number of esters is 2. The van der Waals surface area contributed by atoms with Crippen molar-refractivity contribution in [1.82, 2.24) is 0 Å². The van der Waals surface area contributed by atoms with Crippen molar-refractivity contribution >= 4 is 23.5 Å². The van der Waals surface area contributed by atoms with Gasteiger partial charge in [0.1, 0.15) is 5.75 Å². The van der Waals surface area contributed by atoms with E-state index in [1.165, 1.54) is 7.11 Å². The maximum absolute atomic E-state index is 12.1. The van der Waals surface area contributed by atoms with Crippen molar-refractivity contribution in [1.29, 1.82) is 0 Å². The molecule has 1 aromatic carbocycles. The number of ether oxygens (including phenoxy) is 3. The predicted molar refractivity (Wildman–Crippen MR) is 71.9 cm³/mol. The second kappa shape index (κ2) is 5.43. The van der Waals surface area contributed by atoms with Crippen LogP contribution in [0.4, 0.5) is 5.69 Å². The van der Waals surface area contributed by atoms with Gasteiger partial charge in [0.2, 0.25) is 5.91 Å². The Labute approximate surface area is 121 Å². The highest BCUT2D eigenvalue weighted by atomic mass is 16.5. The topological polar surface area (TPSA) is 82.1 Å². The highest BCUT2D eigenvalue weighted by molar-refractivity contribution is 6.24. The number of carbonyl (C=O) groups is 3. The van der Waals surface area contributed by atoms with Gasteiger partial charge in [0, 0.05) is 11.8 Å². The van der Waals surface area contributed by atoms with Gasteiger partial charge in [0.15, 0.2) is 0 Å². The summed E-state index contributed by atoms with van der Waals surface area (Å²) in [5, 5.41) is 0. The minimum atomic E-state index is -1.77. The van der Waals surface area contributed by atoms with Crippen LogP contribution >= 0.6 is 0 Å². The Morgan fingerprint density at radius 2 is 1.76 bits per heavy atom. The Hall–Kier alpha value is -2.57. The number of benzene rings is 1. The number of anilines is 1. The van der Waals surface area contributed by atoms with Crippen molar-refractivity contribution in [2.45, 2.75) is 12.0 Å². The highest BCUT2D eigenvalue weighted by Crippen LogP contribution is 2.40. The molecule has 0 radical (unpaired) electrons. The largest absolute Gasteiger partial charge is 0.497 e. The number of hydrogen-bond acceptors (Lipinski definition) is 6. The molecular weight excluding hydrogens is 278 g/mol. The molecule has 0 saturated carbocycles. The summed E-state index contributed by atoms with van der Waals surface area (Å²) in [6.07, 6.45) is -0.288. The molecule has 1 aromatic rings. The molecule has 112 valence electrons. The zero-order valence-electron chi connectivity index (χ0n) is 11.9. The molecule has 1 saturated heterocycles. The number of β-lactam (4-membered cyclic amide) rings is 1. The predicted octanol–water partition coefficient (Wildman–Crippen LogP) is 0.517. The van der Waals surface area contributed by atoms with Gasteiger partial charge in [-0.3, -0.25) is 9.69 Å². The van der Waals surface area contributed by atoms with E-state index in [4.69, 9.17) is 4.74 Å². The van der Waals surface area contributed by atoms with Crippen molar-refractivity contribution in [2.75, 3.05) is 26.2 Å². The first-order chi connectivity index (χ1) is 10.0. The SMILES string of the molecule is COC(=O)C1(C(=O)OC)CC(=O)N1c1cccc(OC)c1. The third kappa shape index (κ3) is 2.10. The van der Waals surface area contributed by atoms with Crippen LogP contribution in [-0.2, 0) is 23.9 Å². The van der Waals surface area contributed by atoms with Gasteiger partial charge in [-0.05, 0) is 12.1 Å². The molecule has 1 fully saturated rings. The molecule has 7 heteroatoms. The van der Waals surface area contributed by atoms with Crippen LogP contribution in [0, 0.1) is 0 Å². The molecular formula is C14H15NO6. The lowest BCUT2D eigenvalue weighted by Crippen LogP contribution is -2.73. The molecule has 0 N–H and O–H groups in total. The summed E-state index contributed by atoms with van der Waals surface area (Å²) in [5.41, 5.74) is -1.41. The van der Waals surface area contributed by atoms with Crippen LogP contribution in [-0.4, -0.2) is 44.7 Å². The zero-order chi connectivity index (χ0) is 15.6. The molecule has 21 heavy (non-hydrogen) atoms. The van der Waals surface area contributed by atoms with Crippen molar-refractivity contribution < 1.29 is 28.6 Å². The lowest BCUT2D eigenvalue weighted by molar-refractivity contribution is -0.168. The van der Waals surface area contributed by atoms with Crippen LogP contribution in [0.5, 0.6) is 5.75 Å². The summed E-state index contributed by atoms with van der Waals surface area (Å²) in [6, 6.07) is 6.49. The van der Waals surface area contributed by atoms with E-state index in [-0.39, 0.29) is 12.3 Å². The molecule has 1 heterocycles. The lowest BCUT2D eigenvalue weighted by Gasteiger charge is -2.46. The second-order valence-electron chi connectivity index (χ2n) is 4.45. The van der Waals surface area contributed by atoms with E-state index in [9.17, 15) is 14.4 Å². The average molecular weight is 293 g/mol. The van der Waals surface area contributed by atoms with Crippen LogP contribution in [0.15, 0.2) is 24.3 Å². The van der Waals surface area contributed by atoms with Gasteiger partial charge in [0.25, 0.3) is 5.54 Å². The quantitative estimate of drug-likeness (QED) is 0.457. The third-order valence-corrected chi connectivity index (χ3v) is 3.40. The van der Waals surface area contributed by atoms with E-state index in [0.29, 0.717) is 11.4 Å². The molecule has 7 nitrogen and oxygen atoms in total. The van der Waals surface area contributed by atoms with E-state index in [1.54, 1.807) is 24.3 Å². The van der Waals surface area contributed by atoms with Gasteiger partial charge in [-0.15, -0.1) is 0 Å². The van der Waals surface area contributed by atoms with Gasteiger partial charge in [-0.25, -0.2) is 9.59 Å². The van der Waals surface area contributed by atoms with E-state index in [0.717, 1.165) is 19.1 Å². The standard InChI is InChI=1S/C14H15NO6/c1-19-10-6-4-5-9(7-10)15-11(16)8-14(15,12(17)20-2)13(18)21-3/h4-7H,8H2,1-3H3. The molecule has 0 spiro atoms. The molecule has 1 aliphatic heterocycles. The Morgan fingerprint density at radius 1 is 1.14 bits per heavy atom. The second-order valence-corrected chi connectivity index (χ2v) is 4.45. The van der Waals surface area contributed by atoms with Crippen molar-refractivity contribution in [3.63, 3.8) is 0 Å². The van der Waals surface area contributed by atoms with Crippen LogP contribution < -0.4 is 9.64 Å². The van der Waals surface area contributed by atoms with E-state index in [2.05, 4.69) is 9.47 Å². The Balaban J connectivity index is 2.50. The minimum Gasteiger partial charge on any atom is -0.497 e. The minimum absolute atomic E-state index is 0.288. The number of carbonyl (C=O) groups excluding carboxylic acids is 3. The van der Waals surface area contributed by atoms with Crippen LogP contribution in [0.1, 0.15) is 6.42 Å². The molecule has 1 aliphatic rings. The monoisotopic (exact) mass is 293 g/mol. The first-order valence-corrected chi connectivity index (χ1v) is 6.15. The third-order valence-electron chi connectivity index (χ3n) is 3.40. The summed E-state index contributed by atoms with van der Waals surface area (Å²) in [4.78, 5) is 37.1. The highest BCUT2D eigenvalue weighted by Gasteiger charge is 2.65. The van der Waals surface area contributed by atoms with Gasteiger partial charge in [0.05, 0.1) is 27.8 Å². The number of nitrogens with zero attached hydrogens (tertiary/aromatic N) is 1. The van der Waals surface area contributed by atoms with Crippen molar-refractivity contribution in [2.24, 2.45) is 0 Å². The zero-order valence-corrected chi connectivity index (χ0v) is 11.9. The van der Waals surface area contributed by atoms with Crippen LogP contribution in [0.25, 0.3) is 0 Å². The van der Waals surface area contributed by atoms with Gasteiger partial charge >= 0.3 is 11.9 Å². The van der Waals surface area contributed by atoms with Crippen LogP contribution in [0.2, 0.25) is 0 Å². The fraction of sp³-hybridized carbons (Fsp3) is 0.357. The normalized spacial score (nSPS) is 16.0. The molecule has 0 aliphatic carbocycles. The molecule has 2 rings (SSSR count). The Morgan fingerprint density at radius 3 is 2.24 bits per heavy atom. The number of amides is 1. The van der Waals surface area contributed by atoms with E-state index >= 15 is 0 Å². The van der Waals surface area contributed by atoms with E-state index < -0.39 is 17.5 Å². The Bertz CT molecular complexity index is 581. The first-order valence-electron chi connectivity index (χ1n) is 6.15. The van der Waals surface area contributed by atoms with Crippen molar-refractivity contribution in [3.8, 4) is 5.75 Å². The summed E-state index contributed by atoms with van der Waals surface area (Å²) < 4.78 is 14.4. The van der Waals surface area contributed by atoms with Gasteiger partial charge in [-0.1, -0.05) is 6.07 Å². The first kappa shape index (κ1) is 14.8. The van der Waals surface area contributed by atoms with Gasteiger partial charge < -0.3 is 14.2 Å².